The van der Waals surface area contributed by atoms with Crippen molar-refractivity contribution < 1.29 is 39.0 Å². The average Bonchev–Trinajstić information content (AvgIpc) is 3.66. The van der Waals surface area contributed by atoms with Crippen LogP contribution in [0.1, 0.15) is 48.7 Å². The predicted octanol–water partition coefficient (Wildman–Crippen LogP) is -0.938. The maximum Gasteiger partial charge on any atom is 0.327 e. The van der Waals surface area contributed by atoms with Crippen LogP contribution in [-0.4, -0.2) is 110 Å². The molecule has 20 heteroatoms. The Morgan fingerprint density at radius 1 is 1.08 bits per heavy atom. The highest BCUT2D eigenvalue weighted by molar-refractivity contribution is 8.00. The van der Waals surface area contributed by atoms with E-state index in [0.29, 0.717) is 11.4 Å². The highest BCUT2D eigenvalue weighted by atomic mass is 32.2. The summed E-state index contributed by atoms with van der Waals surface area (Å²) in [6.45, 7) is 1.73. The molecule has 3 aromatic rings. The van der Waals surface area contributed by atoms with Crippen LogP contribution in [0.3, 0.4) is 0 Å². The SMILES string of the molecule is C[C@H]1C(=O)N2[C@H](C(=O)O)CSC23N[C@@H](CCC(=O)CC[C@@H](NC(=O)c2ccc(NCc4cnc5nc(N)[nH]c(=O)c5n4)cc2)C(=O)O)C(=O)N13. The summed E-state index contributed by atoms with van der Waals surface area (Å²) in [6, 6.07) is 2.01. The molecule has 3 aliphatic heterocycles. The summed E-state index contributed by atoms with van der Waals surface area (Å²) < 4.78 is 0. The van der Waals surface area contributed by atoms with Crippen molar-refractivity contribution >= 4 is 70.0 Å². The van der Waals surface area contributed by atoms with Gasteiger partial charge in [-0.25, -0.2) is 19.6 Å². The van der Waals surface area contributed by atoms with E-state index >= 15 is 0 Å². The lowest BCUT2D eigenvalue weighted by molar-refractivity contribution is -0.149. The van der Waals surface area contributed by atoms with Gasteiger partial charge in [-0.1, -0.05) is 11.8 Å². The number of anilines is 2. The zero-order chi connectivity index (χ0) is 35.9. The van der Waals surface area contributed by atoms with Crippen LogP contribution in [0, 0.1) is 0 Å². The molecule has 3 saturated heterocycles. The third kappa shape index (κ3) is 6.29. The van der Waals surface area contributed by atoms with Crippen LogP contribution in [-0.2, 0) is 30.5 Å². The predicted molar refractivity (Wildman–Crippen MR) is 175 cm³/mol. The minimum Gasteiger partial charge on any atom is -0.480 e. The van der Waals surface area contributed by atoms with Gasteiger partial charge in [-0.05, 0) is 44.0 Å². The molecular weight excluding hydrogens is 676 g/mol. The van der Waals surface area contributed by atoms with Gasteiger partial charge in [-0.2, -0.15) is 4.98 Å². The monoisotopic (exact) mass is 708 g/mol. The standard InChI is InChI=1S/C30H32N10O9S/c1-13-25(44)40-20(28(48)49)12-50-30(40)38-18(26(45)39(13)30)8-6-17(41)7-9-19(27(46)47)35-23(42)14-2-4-15(5-3-14)32-10-16-11-33-22-21(34-16)24(43)37-29(31)36-22/h2-5,11,13,18-20,32,38H,6-10,12H2,1H3,(H,35,42)(H,46,47)(H,48,49)(H3,31,33,36,37,43)/t13-,18-,19+,20-,30?/m0/s1. The number of H-pyrrole nitrogens is 1. The molecule has 1 spiro atoms. The lowest BCUT2D eigenvalue weighted by Gasteiger charge is -2.33. The fourth-order valence-corrected chi connectivity index (χ4v) is 7.84. The first-order valence-corrected chi connectivity index (χ1v) is 16.5. The molecular formula is C30H32N10O9S. The summed E-state index contributed by atoms with van der Waals surface area (Å²) in [6.07, 6.45) is 1.06. The molecule has 5 heterocycles. The van der Waals surface area contributed by atoms with Gasteiger partial charge in [0.15, 0.2) is 11.2 Å². The van der Waals surface area contributed by atoms with Crippen LogP contribution >= 0.6 is 11.8 Å². The Hall–Kier alpha value is -5.63. The van der Waals surface area contributed by atoms with E-state index in [2.05, 4.69) is 35.9 Å². The molecule has 2 aromatic heterocycles. The van der Waals surface area contributed by atoms with Crippen LogP contribution in [0.25, 0.3) is 11.2 Å². The first kappa shape index (κ1) is 34.2. The van der Waals surface area contributed by atoms with E-state index < -0.39 is 64.5 Å². The van der Waals surface area contributed by atoms with Gasteiger partial charge < -0.3 is 26.6 Å². The summed E-state index contributed by atoms with van der Waals surface area (Å²) in [5, 5.41) is 26.6. The molecule has 0 radical (unpaired) electrons. The van der Waals surface area contributed by atoms with Crippen LogP contribution < -0.4 is 27.2 Å². The molecule has 0 bridgehead atoms. The third-order valence-electron chi connectivity index (χ3n) is 8.71. The Labute approximate surface area is 286 Å². The normalized spacial score (nSPS) is 23.1. The van der Waals surface area contributed by atoms with Crippen molar-refractivity contribution in [1.82, 2.24) is 40.4 Å². The number of fused-ring (bicyclic) bond motifs is 1. The summed E-state index contributed by atoms with van der Waals surface area (Å²) >= 11 is 1.14. The van der Waals surface area contributed by atoms with Crippen LogP contribution in [0.5, 0.6) is 0 Å². The van der Waals surface area contributed by atoms with E-state index in [0.717, 1.165) is 11.8 Å². The second-order valence-corrected chi connectivity index (χ2v) is 13.1. The molecule has 5 atom stereocenters. The maximum absolute atomic E-state index is 13.2. The van der Waals surface area contributed by atoms with E-state index in [1.165, 1.54) is 35.1 Å². The van der Waals surface area contributed by atoms with Crippen molar-refractivity contribution in [2.24, 2.45) is 0 Å². The van der Waals surface area contributed by atoms with Crippen molar-refractivity contribution in [2.45, 2.75) is 68.4 Å². The number of aliphatic carboxylic acids is 2. The Morgan fingerprint density at radius 2 is 1.82 bits per heavy atom. The summed E-state index contributed by atoms with van der Waals surface area (Å²) in [5.74, 6) is -4.35. The van der Waals surface area contributed by atoms with Gasteiger partial charge in [0.1, 0.15) is 23.9 Å². The van der Waals surface area contributed by atoms with Crippen molar-refractivity contribution in [3.63, 3.8) is 0 Å². The first-order valence-electron chi connectivity index (χ1n) is 15.5. The third-order valence-corrected chi connectivity index (χ3v) is 10.1. The number of ketones is 1. The van der Waals surface area contributed by atoms with Gasteiger partial charge in [0, 0.05) is 29.8 Å². The minimum atomic E-state index is -1.36. The molecule has 3 amide bonds. The van der Waals surface area contributed by atoms with Gasteiger partial charge in [0.25, 0.3) is 11.5 Å². The molecule has 3 fully saturated rings. The minimum absolute atomic E-state index is 0.0337. The quantitative estimate of drug-likeness (QED) is 0.113. The number of carboxylic acids is 2. The van der Waals surface area contributed by atoms with Crippen molar-refractivity contribution in [3.8, 4) is 0 Å². The number of aromatic nitrogens is 4. The Morgan fingerprint density at radius 3 is 2.52 bits per heavy atom. The van der Waals surface area contributed by atoms with E-state index in [4.69, 9.17) is 5.73 Å². The number of nitrogens with one attached hydrogen (secondary N) is 4. The van der Waals surface area contributed by atoms with E-state index in [1.54, 1.807) is 12.1 Å². The van der Waals surface area contributed by atoms with E-state index in [1.807, 2.05) is 0 Å². The number of thioether (sulfide) groups is 1. The highest BCUT2D eigenvalue weighted by Crippen LogP contribution is 2.50. The molecule has 1 unspecified atom stereocenters. The molecule has 19 nitrogen and oxygen atoms in total. The molecule has 6 rings (SSSR count). The van der Waals surface area contributed by atoms with Crippen molar-refractivity contribution in [1.29, 1.82) is 0 Å². The molecule has 50 heavy (non-hydrogen) atoms. The number of carbonyl (C=O) groups is 6. The molecule has 3 aliphatic rings. The van der Waals surface area contributed by atoms with E-state index in [9.17, 15) is 43.8 Å². The molecule has 262 valence electrons. The van der Waals surface area contributed by atoms with Crippen molar-refractivity contribution in [2.75, 3.05) is 16.8 Å². The summed E-state index contributed by atoms with van der Waals surface area (Å²) in [7, 11) is 0. The topological polar surface area (TPSA) is 283 Å². The smallest absolute Gasteiger partial charge is 0.327 e. The molecule has 0 aliphatic carbocycles. The second-order valence-electron chi connectivity index (χ2n) is 12.0. The lowest BCUT2D eigenvalue weighted by atomic mass is 10.0. The van der Waals surface area contributed by atoms with E-state index in [-0.39, 0.29) is 66.4 Å². The number of nitrogen functional groups attached to an aromatic ring is 1. The van der Waals surface area contributed by atoms with Crippen LogP contribution in [0.4, 0.5) is 11.6 Å². The number of nitrogens with zero attached hydrogens (tertiary/aromatic N) is 5. The molecule has 8 N–H and O–H groups in total. The number of benzene rings is 1. The zero-order valence-corrected chi connectivity index (χ0v) is 27.2. The lowest BCUT2D eigenvalue weighted by Crippen LogP contribution is -2.57. The van der Waals surface area contributed by atoms with Crippen molar-refractivity contribution in [3.05, 3.63) is 52.1 Å². The maximum atomic E-state index is 13.2. The first-order chi connectivity index (χ1) is 23.8. The largest absolute Gasteiger partial charge is 0.480 e. The van der Waals surface area contributed by atoms with Gasteiger partial charge in [0.05, 0.1) is 24.5 Å². The molecule has 1 aromatic carbocycles. The van der Waals surface area contributed by atoms with Gasteiger partial charge in [-0.15, -0.1) is 0 Å². The number of aromatic amines is 1. The number of carboxylic acid groups (broad SMARTS) is 2. The van der Waals surface area contributed by atoms with Gasteiger partial charge in [-0.3, -0.25) is 44.1 Å². The number of rotatable bonds is 13. The number of nitrogens with two attached hydrogens (primary N) is 1. The zero-order valence-electron chi connectivity index (χ0n) is 26.4. The fraction of sp³-hybridized carbons (Fsp3) is 0.400. The van der Waals surface area contributed by atoms with Crippen LogP contribution in [0.2, 0.25) is 0 Å². The molecule has 0 saturated carbocycles. The number of carbonyl (C=O) groups excluding carboxylic acids is 4. The van der Waals surface area contributed by atoms with Gasteiger partial charge >= 0.3 is 11.9 Å². The van der Waals surface area contributed by atoms with Crippen LogP contribution in [0.15, 0.2) is 35.3 Å². The second kappa shape index (κ2) is 13.3. The number of Topliss-reactive ketones (excluding diaryl/α,β-unsaturated/α-hetero) is 1. The Bertz CT molecular complexity index is 1970. The summed E-state index contributed by atoms with van der Waals surface area (Å²) in [4.78, 5) is 105. The number of hydrogen-bond donors (Lipinski definition) is 7. The summed E-state index contributed by atoms with van der Waals surface area (Å²) in [5.41, 5.74) is 6.37. The van der Waals surface area contributed by atoms with Gasteiger partial charge in [0.2, 0.25) is 22.9 Å². The fourth-order valence-electron chi connectivity index (χ4n) is 6.19. The Balaban J connectivity index is 0.984. The number of hydrogen-bond acceptors (Lipinski definition) is 14. The number of amides is 3. The average molecular weight is 709 g/mol. The Kier molecular flexibility index (Phi) is 9.14. The highest BCUT2D eigenvalue weighted by Gasteiger charge is 2.69.